The largest absolute Gasteiger partial charge is 0.391 e. The summed E-state index contributed by atoms with van der Waals surface area (Å²) >= 11 is 0. The molecule has 1 saturated carbocycles. The van der Waals surface area contributed by atoms with Crippen LogP contribution in [0.4, 0.5) is 5.69 Å². The zero-order valence-electron chi connectivity index (χ0n) is 13.6. The third-order valence-corrected chi connectivity index (χ3v) is 4.69. The van der Waals surface area contributed by atoms with Gasteiger partial charge in [-0.2, -0.15) is 0 Å². The molecule has 0 spiro atoms. The fourth-order valence-electron chi connectivity index (χ4n) is 2.88. The normalized spacial score (nSPS) is 27.9. The molecule has 1 saturated heterocycles. The summed E-state index contributed by atoms with van der Waals surface area (Å²) in [6.45, 7) is 3.81. The van der Waals surface area contributed by atoms with Crippen molar-refractivity contribution in [1.29, 1.82) is 0 Å². The Morgan fingerprint density at radius 2 is 1.92 bits per heavy atom. The van der Waals surface area contributed by atoms with Gasteiger partial charge in [0.15, 0.2) is 0 Å². The molecule has 0 radical (unpaired) electrons. The van der Waals surface area contributed by atoms with Gasteiger partial charge in [-0.05, 0) is 36.6 Å². The second-order valence-electron chi connectivity index (χ2n) is 6.58. The van der Waals surface area contributed by atoms with Crippen LogP contribution in [0.3, 0.4) is 0 Å². The maximum absolute atomic E-state index is 12.1. The van der Waals surface area contributed by atoms with Gasteiger partial charge in [-0.25, -0.2) is 0 Å². The highest BCUT2D eigenvalue weighted by molar-refractivity contribution is 5.96. The van der Waals surface area contributed by atoms with E-state index in [9.17, 15) is 14.7 Å². The summed E-state index contributed by atoms with van der Waals surface area (Å²) < 4.78 is 0. The fourth-order valence-corrected chi connectivity index (χ4v) is 2.88. The number of aliphatic hydroxyl groups is 1. The smallest absolute Gasteiger partial charge is 0.251 e. The van der Waals surface area contributed by atoms with Crippen molar-refractivity contribution in [3.8, 4) is 0 Å². The summed E-state index contributed by atoms with van der Waals surface area (Å²) in [5.41, 5.74) is 1.25. The molecule has 24 heavy (non-hydrogen) atoms. The Morgan fingerprint density at radius 3 is 2.46 bits per heavy atom. The number of halogens is 1. The number of aliphatic hydroxyl groups excluding tert-OH is 1. The van der Waals surface area contributed by atoms with Crippen LogP contribution < -0.4 is 16.0 Å². The lowest BCUT2D eigenvalue weighted by molar-refractivity contribution is -0.117. The van der Waals surface area contributed by atoms with E-state index in [-0.39, 0.29) is 36.1 Å². The van der Waals surface area contributed by atoms with Gasteiger partial charge in [0.1, 0.15) is 0 Å². The van der Waals surface area contributed by atoms with Gasteiger partial charge in [0.05, 0.1) is 6.10 Å². The number of hydrogen-bond acceptors (Lipinski definition) is 4. The topological polar surface area (TPSA) is 90.5 Å². The van der Waals surface area contributed by atoms with Gasteiger partial charge >= 0.3 is 0 Å². The summed E-state index contributed by atoms with van der Waals surface area (Å²) in [5, 5.41) is 18.5. The van der Waals surface area contributed by atoms with Crippen LogP contribution in [0.15, 0.2) is 24.3 Å². The van der Waals surface area contributed by atoms with Crippen LogP contribution in [0.25, 0.3) is 0 Å². The minimum Gasteiger partial charge on any atom is -0.391 e. The molecule has 7 heteroatoms. The van der Waals surface area contributed by atoms with E-state index in [0.717, 1.165) is 6.42 Å². The molecule has 1 aliphatic carbocycles. The number of hydrogen-bond donors (Lipinski definition) is 4. The van der Waals surface area contributed by atoms with E-state index in [4.69, 9.17) is 0 Å². The maximum atomic E-state index is 12.1. The molecule has 6 nitrogen and oxygen atoms in total. The van der Waals surface area contributed by atoms with Crippen molar-refractivity contribution in [1.82, 2.24) is 10.6 Å². The molecule has 2 fully saturated rings. The molecule has 1 aliphatic heterocycles. The third-order valence-electron chi connectivity index (χ3n) is 4.69. The van der Waals surface area contributed by atoms with E-state index in [1.807, 2.05) is 0 Å². The number of amides is 2. The molecule has 1 aromatic rings. The number of benzene rings is 1. The van der Waals surface area contributed by atoms with Crippen LogP contribution >= 0.6 is 12.4 Å². The molecular weight excluding hydrogens is 330 g/mol. The minimum absolute atomic E-state index is 0. The van der Waals surface area contributed by atoms with Gasteiger partial charge < -0.3 is 21.1 Å². The van der Waals surface area contributed by atoms with Crippen LogP contribution in [0.2, 0.25) is 0 Å². The average molecular weight is 354 g/mol. The third kappa shape index (κ3) is 4.47. The van der Waals surface area contributed by atoms with E-state index in [1.54, 1.807) is 24.3 Å². The van der Waals surface area contributed by atoms with Crippen molar-refractivity contribution < 1.29 is 14.7 Å². The Balaban J connectivity index is 0.00000208. The monoisotopic (exact) mass is 353 g/mol. The van der Waals surface area contributed by atoms with Crippen LogP contribution in [-0.4, -0.2) is 42.7 Å². The van der Waals surface area contributed by atoms with Gasteiger partial charge in [0.25, 0.3) is 5.91 Å². The first-order chi connectivity index (χ1) is 11.0. The molecule has 2 amide bonds. The number of anilines is 1. The summed E-state index contributed by atoms with van der Waals surface area (Å²) in [6.07, 6.45) is 0.548. The Bertz CT molecular complexity index is 593. The van der Waals surface area contributed by atoms with Gasteiger partial charge in [0.2, 0.25) is 5.91 Å². The summed E-state index contributed by atoms with van der Waals surface area (Å²) in [4.78, 5) is 24.0. The Labute approximate surface area is 147 Å². The Morgan fingerprint density at radius 1 is 1.25 bits per heavy atom. The average Bonchev–Trinajstić information content (AvgIpc) is 3.14. The van der Waals surface area contributed by atoms with Gasteiger partial charge in [-0.3, -0.25) is 9.59 Å². The molecule has 0 bridgehead atoms. The van der Waals surface area contributed by atoms with Crippen LogP contribution in [0.5, 0.6) is 0 Å². The molecule has 1 heterocycles. The van der Waals surface area contributed by atoms with Crippen LogP contribution in [0.1, 0.15) is 23.7 Å². The van der Waals surface area contributed by atoms with Gasteiger partial charge in [0, 0.05) is 42.7 Å². The van der Waals surface area contributed by atoms with E-state index < -0.39 is 6.10 Å². The molecule has 3 rings (SSSR count). The van der Waals surface area contributed by atoms with E-state index in [1.165, 1.54) is 0 Å². The number of carbonyl (C=O) groups excluding carboxylic acids is 2. The predicted octanol–water partition coefficient (Wildman–Crippen LogP) is 1.01. The molecule has 4 atom stereocenters. The molecule has 4 unspecified atom stereocenters. The second-order valence-corrected chi connectivity index (χ2v) is 6.58. The van der Waals surface area contributed by atoms with Crippen molar-refractivity contribution in [3.63, 3.8) is 0 Å². The van der Waals surface area contributed by atoms with Crippen LogP contribution in [0, 0.1) is 17.8 Å². The highest BCUT2D eigenvalue weighted by Crippen LogP contribution is 2.38. The lowest BCUT2D eigenvalue weighted by Crippen LogP contribution is -2.34. The molecular formula is C17H24ClN3O3. The summed E-state index contributed by atoms with van der Waals surface area (Å²) in [5.74, 6) is 0.540. The Kier molecular flexibility index (Phi) is 6.21. The van der Waals surface area contributed by atoms with Crippen molar-refractivity contribution in [2.75, 3.05) is 25.0 Å². The highest BCUT2D eigenvalue weighted by Gasteiger charge is 2.39. The van der Waals surface area contributed by atoms with E-state index >= 15 is 0 Å². The first-order valence-electron chi connectivity index (χ1n) is 8.12. The zero-order chi connectivity index (χ0) is 16.4. The van der Waals surface area contributed by atoms with Crippen molar-refractivity contribution in [2.45, 2.75) is 19.4 Å². The van der Waals surface area contributed by atoms with Crippen molar-refractivity contribution in [3.05, 3.63) is 29.8 Å². The predicted molar refractivity (Wildman–Crippen MR) is 94.3 cm³/mol. The molecule has 0 aromatic heterocycles. The Hall–Kier alpha value is -1.63. The van der Waals surface area contributed by atoms with Crippen molar-refractivity contribution >= 4 is 29.9 Å². The molecule has 1 aromatic carbocycles. The fraction of sp³-hybridized carbons (Fsp3) is 0.529. The molecule has 4 N–H and O–H groups in total. The lowest BCUT2D eigenvalue weighted by atomic mass is 10.1. The number of β-amino-alcohol motifs (C(OH)–C–C–N with tert-alkyl or cyclic N) is 1. The minimum atomic E-state index is -0.405. The number of carbonyl (C=O) groups is 2. The van der Waals surface area contributed by atoms with E-state index in [2.05, 4.69) is 22.9 Å². The van der Waals surface area contributed by atoms with Gasteiger partial charge in [-0.15, -0.1) is 12.4 Å². The summed E-state index contributed by atoms with van der Waals surface area (Å²) in [6, 6.07) is 6.88. The quantitative estimate of drug-likeness (QED) is 0.636. The lowest BCUT2D eigenvalue weighted by Gasteiger charge is -2.14. The molecule has 2 aliphatic rings. The van der Waals surface area contributed by atoms with Crippen LogP contribution in [-0.2, 0) is 4.79 Å². The summed E-state index contributed by atoms with van der Waals surface area (Å²) in [7, 11) is 0. The van der Waals surface area contributed by atoms with E-state index in [0.29, 0.717) is 36.8 Å². The maximum Gasteiger partial charge on any atom is 0.251 e. The standard InChI is InChI=1S/C17H23N3O3.ClH/c1-10-6-14(10)17(23)20-13-4-2-11(3-5-13)16(22)19-8-12-7-18-9-15(12)21;/h2-5,10,12,14-15,18,21H,6-9H2,1H3,(H,19,22)(H,20,23);1H. The zero-order valence-corrected chi connectivity index (χ0v) is 14.4. The SMILES string of the molecule is CC1CC1C(=O)Nc1ccc(C(=O)NCC2CNCC2O)cc1.Cl. The first-order valence-corrected chi connectivity index (χ1v) is 8.12. The van der Waals surface area contributed by atoms with Gasteiger partial charge in [-0.1, -0.05) is 6.92 Å². The first kappa shape index (κ1) is 18.7. The second kappa shape index (κ2) is 7.96. The number of rotatable bonds is 5. The highest BCUT2D eigenvalue weighted by atomic mass is 35.5. The number of nitrogens with one attached hydrogen (secondary N) is 3. The van der Waals surface area contributed by atoms with Crippen molar-refractivity contribution in [2.24, 2.45) is 17.8 Å². The molecule has 132 valence electrons.